The van der Waals surface area contributed by atoms with Crippen LogP contribution in [0.2, 0.25) is 0 Å². The number of hydrogen-bond acceptors (Lipinski definition) is 6. The second-order valence-corrected chi connectivity index (χ2v) is 10.2. The number of amides is 2. The third-order valence-corrected chi connectivity index (χ3v) is 7.81. The first-order chi connectivity index (χ1) is 14.3. The van der Waals surface area contributed by atoms with Crippen molar-refractivity contribution in [3.63, 3.8) is 0 Å². The minimum atomic E-state index is -3.62. The number of hydrogen-bond donors (Lipinski definition) is 3. The lowest BCUT2D eigenvalue weighted by molar-refractivity contribution is -0.118. The summed E-state index contributed by atoms with van der Waals surface area (Å²) in [5, 5.41) is 5.57. The molecule has 0 radical (unpaired) electrons. The zero-order valence-electron chi connectivity index (χ0n) is 16.3. The van der Waals surface area contributed by atoms with E-state index in [1.807, 2.05) is 0 Å². The van der Waals surface area contributed by atoms with Gasteiger partial charge in [-0.3, -0.25) is 9.59 Å². The summed E-state index contributed by atoms with van der Waals surface area (Å²) in [6.45, 7) is 2.72. The summed E-state index contributed by atoms with van der Waals surface area (Å²) in [4.78, 5) is 27.0. The van der Waals surface area contributed by atoms with Crippen LogP contribution in [0.4, 0.5) is 5.69 Å². The molecule has 2 amide bonds. The number of carbonyl (C=O) groups excluding carboxylic acids is 2. The number of rotatable bonds is 5. The lowest BCUT2D eigenvalue weighted by Gasteiger charge is -2.24. The molecule has 4 rings (SSSR count). The molecule has 1 aromatic carbocycles. The van der Waals surface area contributed by atoms with Gasteiger partial charge in [-0.2, -0.15) is 16.1 Å². The number of benzene rings is 1. The van der Waals surface area contributed by atoms with Gasteiger partial charge >= 0.3 is 0 Å². The Morgan fingerprint density at radius 3 is 2.80 bits per heavy atom. The molecular formula is C19H22N4O5S2. The maximum atomic E-state index is 12.7. The lowest BCUT2D eigenvalue weighted by Crippen LogP contribution is -2.37. The van der Waals surface area contributed by atoms with Crippen molar-refractivity contribution in [1.29, 1.82) is 0 Å². The Morgan fingerprint density at radius 1 is 1.27 bits per heavy atom. The van der Waals surface area contributed by atoms with Gasteiger partial charge in [-0.25, -0.2) is 8.42 Å². The summed E-state index contributed by atoms with van der Waals surface area (Å²) in [5.74, 6) is 1.45. The zero-order valence-corrected chi connectivity index (χ0v) is 17.9. The number of aromatic amines is 1. The van der Waals surface area contributed by atoms with E-state index in [-0.39, 0.29) is 29.1 Å². The molecule has 2 aromatic rings. The summed E-state index contributed by atoms with van der Waals surface area (Å²) < 4.78 is 32.3. The van der Waals surface area contributed by atoms with Crippen molar-refractivity contribution < 1.29 is 22.7 Å². The molecule has 0 aliphatic carbocycles. The van der Waals surface area contributed by atoms with Gasteiger partial charge in [0, 0.05) is 30.8 Å². The first-order valence-corrected chi connectivity index (χ1v) is 12.1. The first-order valence-electron chi connectivity index (χ1n) is 9.48. The Labute approximate surface area is 178 Å². The predicted octanol–water partition coefficient (Wildman–Crippen LogP) is 1.57. The molecule has 0 saturated carbocycles. The van der Waals surface area contributed by atoms with Gasteiger partial charge in [0.25, 0.3) is 11.8 Å². The van der Waals surface area contributed by atoms with E-state index in [2.05, 4.69) is 15.6 Å². The molecule has 160 valence electrons. The second-order valence-electron chi connectivity index (χ2n) is 7.05. The van der Waals surface area contributed by atoms with E-state index in [0.29, 0.717) is 24.5 Å². The molecule has 3 heterocycles. The van der Waals surface area contributed by atoms with Crippen molar-refractivity contribution >= 4 is 39.3 Å². The van der Waals surface area contributed by atoms with Crippen molar-refractivity contribution in [3.05, 3.63) is 41.7 Å². The number of nitrogens with one attached hydrogen (secondary N) is 3. The summed E-state index contributed by atoms with van der Waals surface area (Å²) in [6, 6.07) is 6.28. The van der Waals surface area contributed by atoms with E-state index in [4.69, 9.17) is 4.74 Å². The molecule has 30 heavy (non-hydrogen) atoms. The van der Waals surface area contributed by atoms with Gasteiger partial charge in [0.15, 0.2) is 6.61 Å². The molecule has 3 N–H and O–H groups in total. The van der Waals surface area contributed by atoms with E-state index in [9.17, 15) is 18.0 Å². The summed E-state index contributed by atoms with van der Waals surface area (Å²) >= 11 is 1.72. The smallest absolute Gasteiger partial charge is 0.268 e. The molecule has 9 nitrogen and oxygen atoms in total. The Morgan fingerprint density at radius 2 is 2.03 bits per heavy atom. The van der Waals surface area contributed by atoms with Crippen molar-refractivity contribution in [3.8, 4) is 5.75 Å². The molecule has 11 heteroatoms. The molecule has 0 bridgehead atoms. The largest absolute Gasteiger partial charge is 0.482 e. The van der Waals surface area contributed by atoms with Crippen molar-refractivity contribution in [1.82, 2.24) is 14.6 Å². The van der Waals surface area contributed by atoms with E-state index in [1.165, 1.54) is 16.6 Å². The summed E-state index contributed by atoms with van der Waals surface area (Å²) in [7, 11) is -3.62. The van der Waals surface area contributed by atoms with Crippen LogP contribution in [0.1, 0.15) is 29.0 Å². The normalized spacial score (nSPS) is 18.1. The minimum Gasteiger partial charge on any atom is -0.482 e. The highest BCUT2D eigenvalue weighted by Crippen LogP contribution is 2.30. The van der Waals surface area contributed by atoms with Crippen LogP contribution in [0.3, 0.4) is 0 Å². The van der Waals surface area contributed by atoms with Crippen LogP contribution in [-0.4, -0.2) is 60.7 Å². The van der Waals surface area contributed by atoms with Crippen LogP contribution in [-0.2, 0) is 14.8 Å². The molecular weight excluding hydrogens is 428 g/mol. The highest BCUT2D eigenvalue weighted by Gasteiger charge is 2.28. The van der Waals surface area contributed by atoms with E-state index < -0.39 is 15.9 Å². The van der Waals surface area contributed by atoms with Crippen LogP contribution < -0.4 is 15.4 Å². The lowest BCUT2D eigenvalue weighted by atomic mass is 10.1. The molecule has 0 spiro atoms. The fourth-order valence-electron chi connectivity index (χ4n) is 3.32. The molecule has 1 aromatic heterocycles. The number of anilines is 1. The maximum absolute atomic E-state index is 12.7. The standard InChI is InChI=1S/C19H22N4O5S2/c1-12(13-2-3-17-15(8-13)22-18(24)11-28-17)21-19(25)16-9-14(10-20-16)30(26,27)23-4-6-29-7-5-23/h2-3,8-10,12,20H,4-7,11H2,1H3,(H,21,25)(H,22,24). The summed E-state index contributed by atoms with van der Waals surface area (Å²) in [5.41, 5.74) is 1.50. The van der Waals surface area contributed by atoms with Gasteiger partial charge in [0.2, 0.25) is 10.0 Å². The molecule has 2 aliphatic heterocycles. The van der Waals surface area contributed by atoms with Crippen molar-refractivity contribution in [2.24, 2.45) is 0 Å². The monoisotopic (exact) mass is 450 g/mol. The molecule has 2 aliphatic rings. The van der Waals surface area contributed by atoms with E-state index >= 15 is 0 Å². The molecule has 1 saturated heterocycles. The Bertz CT molecular complexity index is 1080. The SMILES string of the molecule is CC(NC(=O)c1cc(S(=O)(=O)N2CCSCC2)c[nH]1)c1ccc2c(c1)NC(=O)CO2. The van der Waals surface area contributed by atoms with Crippen LogP contribution >= 0.6 is 11.8 Å². The number of sulfonamides is 1. The number of nitrogens with zero attached hydrogens (tertiary/aromatic N) is 1. The molecule has 1 fully saturated rings. The highest BCUT2D eigenvalue weighted by atomic mass is 32.2. The zero-order chi connectivity index (χ0) is 21.3. The highest BCUT2D eigenvalue weighted by molar-refractivity contribution is 7.99. The number of ether oxygens (including phenoxy) is 1. The third-order valence-electron chi connectivity index (χ3n) is 4.99. The van der Waals surface area contributed by atoms with Crippen LogP contribution in [0, 0.1) is 0 Å². The average Bonchev–Trinajstić information content (AvgIpc) is 3.25. The Kier molecular flexibility index (Phi) is 5.76. The Hall–Kier alpha value is -2.50. The molecule has 1 unspecified atom stereocenters. The second kappa shape index (κ2) is 8.32. The minimum absolute atomic E-state index is 0.0209. The quantitative estimate of drug-likeness (QED) is 0.636. The van der Waals surface area contributed by atoms with Crippen molar-refractivity contribution in [2.45, 2.75) is 17.9 Å². The number of H-pyrrole nitrogens is 1. The summed E-state index contributed by atoms with van der Waals surface area (Å²) in [6.07, 6.45) is 1.35. The van der Waals surface area contributed by atoms with Gasteiger partial charge in [0.1, 0.15) is 16.3 Å². The third kappa shape index (κ3) is 4.18. The van der Waals surface area contributed by atoms with Gasteiger partial charge in [-0.1, -0.05) is 6.07 Å². The van der Waals surface area contributed by atoms with Crippen LogP contribution in [0.5, 0.6) is 5.75 Å². The number of thioether (sulfide) groups is 1. The average molecular weight is 451 g/mol. The van der Waals surface area contributed by atoms with E-state index in [0.717, 1.165) is 17.1 Å². The van der Waals surface area contributed by atoms with Gasteiger partial charge in [-0.15, -0.1) is 0 Å². The number of carbonyl (C=O) groups is 2. The van der Waals surface area contributed by atoms with Gasteiger partial charge < -0.3 is 20.4 Å². The van der Waals surface area contributed by atoms with Crippen LogP contribution in [0.25, 0.3) is 0 Å². The molecule has 1 atom stereocenters. The fraction of sp³-hybridized carbons (Fsp3) is 0.368. The van der Waals surface area contributed by atoms with Crippen LogP contribution in [0.15, 0.2) is 35.4 Å². The van der Waals surface area contributed by atoms with Gasteiger partial charge in [0.05, 0.1) is 11.7 Å². The predicted molar refractivity (Wildman–Crippen MR) is 113 cm³/mol. The van der Waals surface area contributed by atoms with Gasteiger partial charge in [-0.05, 0) is 30.7 Å². The fourth-order valence-corrected chi connectivity index (χ4v) is 5.89. The number of aromatic nitrogens is 1. The topological polar surface area (TPSA) is 121 Å². The first kappa shape index (κ1) is 20.8. The van der Waals surface area contributed by atoms with Crippen molar-refractivity contribution in [2.75, 3.05) is 36.5 Å². The Balaban J connectivity index is 1.45. The number of fused-ring (bicyclic) bond motifs is 1. The maximum Gasteiger partial charge on any atom is 0.268 e. The van der Waals surface area contributed by atoms with E-state index in [1.54, 1.807) is 36.9 Å².